The van der Waals surface area contributed by atoms with Crippen molar-refractivity contribution in [2.24, 2.45) is 0 Å². The molecule has 23 heavy (non-hydrogen) atoms. The summed E-state index contributed by atoms with van der Waals surface area (Å²) in [6.07, 6.45) is 3.13. The molecule has 0 saturated carbocycles. The Kier molecular flexibility index (Phi) is 5.87. The molecular weight excluding hydrogens is 358 g/mol. The van der Waals surface area contributed by atoms with Crippen LogP contribution in [0.3, 0.4) is 0 Å². The highest BCUT2D eigenvalue weighted by molar-refractivity contribution is 9.10. The smallest absolute Gasteiger partial charge is 0.252 e. The standard InChI is InChI=1S/C17H18BrN3O2/c1-12-10-15(18)5-6-16(12)21(13(2)22)9-8-20-17(23)14-4-3-7-19-11-14/h3-7,10-11H,8-9H2,1-2H3,(H,20,23). The summed E-state index contributed by atoms with van der Waals surface area (Å²) in [5.41, 5.74) is 2.34. The van der Waals surface area contributed by atoms with Crippen LogP contribution in [0.4, 0.5) is 5.69 Å². The SMILES string of the molecule is CC(=O)N(CCNC(=O)c1cccnc1)c1ccc(Br)cc1C. The molecule has 0 aliphatic rings. The number of aromatic nitrogens is 1. The normalized spacial score (nSPS) is 10.2. The van der Waals surface area contributed by atoms with Crippen molar-refractivity contribution in [1.29, 1.82) is 0 Å². The third-order valence-electron chi connectivity index (χ3n) is 3.37. The molecule has 0 aliphatic heterocycles. The van der Waals surface area contributed by atoms with Crippen LogP contribution in [0, 0.1) is 6.92 Å². The van der Waals surface area contributed by atoms with Gasteiger partial charge in [0.25, 0.3) is 5.91 Å². The molecule has 0 unspecified atom stereocenters. The van der Waals surface area contributed by atoms with Crippen LogP contribution in [-0.4, -0.2) is 29.9 Å². The molecule has 2 rings (SSSR count). The van der Waals surface area contributed by atoms with Crippen molar-refractivity contribution in [3.63, 3.8) is 0 Å². The number of carbonyl (C=O) groups is 2. The van der Waals surface area contributed by atoms with Crippen LogP contribution in [-0.2, 0) is 4.79 Å². The van der Waals surface area contributed by atoms with Gasteiger partial charge in [-0.05, 0) is 42.8 Å². The van der Waals surface area contributed by atoms with Crippen LogP contribution in [0.15, 0.2) is 47.2 Å². The van der Waals surface area contributed by atoms with Crippen molar-refractivity contribution in [3.8, 4) is 0 Å². The van der Waals surface area contributed by atoms with Gasteiger partial charge in [-0.15, -0.1) is 0 Å². The second-order valence-electron chi connectivity index (χ2n) is 5.10. The van der Waals surface area contributed by atoms with Crippen LogP contribution in [0.5, 0.6) is 0 Å². The molecule has 0 bridgehead atoms. The van der Waals surface area contributed by atoms with Crippen molar-refractivity contribution in [2.75, 3.05) is 18.0 Å². The fraction of sp³-hybridized carbons (Fsp3) is 0.235. The predicted molar refractivity (Wildman–Crippen MR) is 93.5 cm³/mol. The van der Waals surface area contributed by atoms with E-state index in [0.717, 1.165) is 15.7 Å². The number of nitrogens with one attached hydrogen (secondary N) is 1. The van der Waals surface area contributed by atoms with Gasteiger partial charge in [-0.1, -0.05) is 15.9 Å². The molecule has 0 fully saturated rings. The van der Waals surface area contributed by atoms with E-state index in [9.17, 15) is 9.59 Å². The summed E-state index contributed by atoms with van der Waals surface area (Å²) < 4.78 is 0.965. The first-order chi connectivity index (χ1) is 11.0. The molecule has 1 aromatic carbocycles. The molecular formula is C17H18BrN3O2. The maximum atomic E-state index is 12.0. The van der Waals surface area contributed by atoms with Crippen molar-refractivity contribution < 1.29 is 9.59 Å². The highest BCUT2D eigenvalue weighted by Gasteiger charge is 2.14. The second-order valence-corrected chi connectivity index (χ2v) is 6.01. The number of anilines is 1. The number of amides is 2. The first-order valence-corrected chi connectivity index (χ1v) is 8.01. The molecule has 1 N–H and O–H groups in total. The van der Waals surface area contributed by atoms with Gasteiger partial charge >= 0.3 is 0 Å². The zero-order valence-electron chi connectivity index (χ0n) is 13.0. The molecule has 0 saturated heterocycles. The van der Waals surface area contributed by atoms with E-state index in [1.54, 1.807) is 23.2 Å². The van der Waals surface area contributed by atoms with Gasteiger partial charge in [0.1, 0.15) is 0 Å². The van der Waals surface area contributed by atoms with Crippen molar-refractivity contribution in [2.45, 2.75) is 13.8 Å². The Hall–Kier alpha value is -2.21. The topological polar surface area (TPSA) is 62.3 Å². The van der Waals surface area contributed by atoms with Gasteiger partial charge in [0.2, 0.25) is 5.91 Å². The zero-order chi connectivity index (χ0) is 16.8. The number of nitrogens with zero attached hydrogens (tertiary/aromatic N) is 2. The van der Waals surface area contributed by atoms with Crippen LogP contribution in [0.2, 0.25) is 0 Å². The summed E-state index contributed by atoms with van der Waals surface area (Å²) in [6.45, 7) is 4.24. The molecule has 0 radical (unpaired) electrons. The van der Waals surface area contributed by atoms with E-state index in [4.69, 9.17) is 0 Å². The summed E-state index contributed by atoms with van der Waals surface area (Å²) in [7, 11) is 0. The lowest BCUT2D eigenvalue weighted by Gasteiger charge is -2.23. The first-order valence-electron chi connectivity index (χ1n) is 7.21. The molecule has 1 heterocycles. The van der Waals surface area contributed by atoms with Gasteiger partial charge < -0.3 is 10.2 Å². The number of rotatable bonds is 5. The average Bonchev–Trinajstić information content (AvgIpc) is 2.53. The third kappa shape index (κ3) is 4.63. The molecule has 120 valence electrons. The number of hydrogen-bond donors (Lipinski definition) is 1. The fourth-order valence-electron chi connectivity index (χ4n) is 2.25. The van der Waals surface area contributed by atoms with E-state index in [0.29, 0.717) is 18.7 Å². The molecule has 0 aliphatic carbocycles. The molecule has 2 amide bonds. The highest BCUT2D eigenvalue weighted by atomic mass is 79.9. The minimum absolute atomic E-state index is 0.0638. The Morgan fingerprint density at radius 3 is 2.70 bits per heavy atom. The number of halogens is 1. The quantitative estimate of drug-likeness (QED) is 0.873. The molecule has 0 atom stereocenters. The molecule has 5 nitrogen and oxygen atoms in total. The zero-order valence-corrected chi connectivity index (χ0v) is 14.6. The monoisotopic (exact) mass is 375 g/mol. The maximum absolute atomic E-state index is 12.0. The van der Waals surface area contributed by atoms with E-state index >= 15 is 0 Å². The second kappa shape index (κ2) is 7.87. The van der Waals surface area contributed by atoms with E-state index < -0.39 is 0 Å². The summed E-state index contributed by atoms with van der Waals surface area (Å²) in [6, 6.07) is 9.15. The maximum Gasteiger partial charge on any atom is 0.252 e. The largest absolute Gasteiger partial charge is 0.350 e. The van der Waals surface area contributed by atoms with Crippen LogP contribution in [0.25, 0.3) is 0 Å². The lowest BCUT2D eigenvalue weighted by Crippen LogP contribution is -2.38. The Morgan fingerprint density at radius 1 is 1.30 bits per heavy atom. The number of pyridine rings is 1. The van der Waals surface area contributed by atoms with Crippen LogP contribution >= 0.6 is 15.9 Å². The number of benzene rings is 1. The van der Waals surface area contributed by atoms with Crippen molar-refractivity contribution in [1.82, 2.24) is 10.3 Å². The summed E-state index contributed by atoms with van der Waals surface area (Å²) in [5, 5.41) is 2.80. The number of hydrogen-bond acceptors (Lipinski definition) is 3. The van der Waals surface area contributed by atoms with Crippen LogP contribution < -0.4 is 10.2 Å². The fourth-order valence-corrected chi connectivity index (χ4v) is 2.73. The van der Waals surface area contributed by atoms with Gasteiger partial charge in [0.15, 0.2) is 0 Å². The summed E-state index contributed by atoms with van der Waals surface area (Å²) in [5.74, 6) is -0.264. The third-order valence-corrected chi connectivity index (χ3v) is 3.87. The lowest BCUT2D eigenvalue weighted by molar-refractivity contribution is -0.116. The summed E-state index contributed by atoms with van der Waals surface area (Å²) >= 11 is 3.41. The number of aryl methyl sites for hydroxylation is 1. The van der Waals surface area contributed by atoms with Gasteiger partial charge in [-0.25, -0.2) is 0 Å². The highest BCUT2D eigenvalue weighted by Crippen LogP contribution is 2.23. The average molecular weight is 376 g/mol. The first kappa shape index (κ1) is 17.1. The van der Waals surface area contributed by atoms with Gasteiger partial charge in [-0.2, -0.15) is 0 Å². The van der Waals surface area contributed by atoms with Crippen molar-refractivity contribution in [3.05, 3.63) is 58.3 Å². The molecule has 6 heteroatoms. The Morgan fingerprint density at radius 2 is 2.09 bits per heavy atom. The van der Waals surface area contributed by atoms with E-state index in [-0.39, 0.29) is 11.8 Å². The molecule has 1 aromatic heterocycles. The minimum atomic E-state index is -0.200. The Labute approximate surface area is 143 Å². The van der Waals surface area contributed by atoms with Gasteiger partial charge in [0.05, 0.1) is 5.56 Å². The van der Waals surface area contributed by atoms with Gasteiger partial charge in [-0.3, -0.25) is 14.6 Å². The molecule has 2 aromatic rings. The Bertz CT molecular complexity index is 704. The van der Waals surface area contributed by atoms with E-state index in [1.165, 1.54) is 13.1 Å². The van der Waals surface area contributed by atoms with E-state index in [2.05, 4.69) is 26.2 Å². The lowest BCUT2D eigenvalue weighted by atomic mass is 10.2. The Balaban J connectivity index is 2.01. The van der Waals surface area contributed by atoms with Gasteiger partial charge in [0, 0.05) is 42.6 Å². The van der Waals surface area contributed by atoms with E-state index in [1.807, 2.05) is 25.1 Å². The van der Waals surface area contributed by atoms with Crippen LogP contribution in [0.1, 0.15) is 22.8 Å². The predicted octanol–water partition coefficient (Wildman–Crippen LogP) is 2.94. The number of carbonyl (C=O) groups excluding carboxylic acids is 2. The van der Waals surface area contributed by atoms with Crippen molar-refractivity contribution >= 4 is 33.4 Å². The minimum Gasteiger partial charge on any atom is -0.350 e. The molecule has 0 spiro atoms. The summed E-state index contributed by atoms with van der Waals surface area (Å²) in [4.78, 5) is 29.5.